The van der Waals surface area contributed by atoms with Crippen molar-refractivity contribution in [2.45, 2.75) is 38.8 Å². The van der Waals surface area contributed by atoms with Crippen molar-refractivity contribution in [1.82, 2.24) is 20.5 Å². The minimum atomic E-state index is -0.550. The Hall–Kier alpha value is -3.22. The third-order valence-electron chi connectivity index (χ3n) is 4.74. The lowest BCUT2D eigenvalue weighted by atomic mass is 9.96. The number of aromatic nitrogens is 1. The normalized spacial score (nSPS) is 16.8. The van der Waals surface area contributed by atoms with Crippen LogP contribution in [0.5, 0.6) is 0 Å². The third-order valence-corrected chi connectivity index (χ3v) is 4.74. The number of urea groups is 1. The highest BCUT2D eigenvalue weighted by molar-refractivity contribution is 6.00. The molecule has 2 heterocycles. The Kier molecular flexibility index (Phi) is 6.03. The fourth-order valence-electron chi connectivity index (χ4n) is 3.05. The van der Waals surface area contributed by atoms with Crippen molar-refractivity contribution in [3.05, 3.63) is 65.5 Å². The maximum atomic E-state index is 12.4. The Morgan fingerprint density at radius 2 is 2.00 bits per heavy atom. The van der Waals surface area contributed by atoms with Crippen LogP contribution in [0.15, 0.2) is 48.8 Å². The second kappa shape index (κ2) is 8.65. The van der Waals surface area contributed by atoms with Gasteiger partial charge in [-0.1, -0.05) is 44.2 Å². The van der Waals surface area contributed by atoms with Gasteiger partial charge in [0.2, 0.25) is 11.8 Å². The lowest BCUT2D eigenvalue weighted by Gasteiger charge is -2.31. The summed E-state index contributed by atoms with van der Waals surface area (Å²) in [6.45, 7) is 4.21. The molecular formula is C21H24N4O3. The molecule has 7 nitrogen and oxygen atoms in total. The number of carbonyl (C=O) groups is 3. The van der Waals surface area contributed by atoms with Crippen LogP contribution in [0.4, 0.5) is 4.79 Å². The van der Waals surface area contributed by atoms with Gasteiger partial charge in [0.05, 0.1) is 12.5 Å². The van der Waals surface area contributed by atoms with E-state index >= 15 is 0 Å². The molecule has 0 spiro atoms. The van der Waals surface area contributed by atoms with E-state index in [0.29, 0.717) is 12.5 Å². The lowest BCUT2D eigenvalue weighted by Crippen LogP contribution is -2.54. The monoisotopic (exact) mass is 380 g/mol. The Labute approximate surface area is 164 Å². The van der Waals surface area contributed by atoms with Gasteiger partial charge < -0.3 is 10.6 Å². The van der Waals surface area contributed by atoms with Gasteiger partial charge in [0.25, 0.3) is 0 Å². The van der Waals surface area contributed by atoms with Crippen LogP contribution in [0.1, 0.15) is 48.9 Å². The van der Waals surface area contributed by atoms with Crippen LogP contribution >= 0.6 is 0 Å². The molecule has 1 aliphatic heterocycles. The molecule has 146 valence electrons. The van der Waals surface area contributed by atoms with Crippen molar-refractivity contribution in [2.24, 2.45) is 0 Å². The van der Waals surface area contributed by atoms with Crippen LogP contribution in [0.3, 0.4) is 0 Å². The number of pyridine rings is 1. The third kappa shape index (κ3) is 4.73. The van der Waals surface area contributed by atoms with Gasteiger partial charge >= 0.3 is 6.03 Å². The smallest absolute Gasteiger partial charge is 0.325 e. The fourth-order valence-corrected chi connectivity index (χ4v) is 3.05. The number of amides is 4. The standard InChI is InChI=1S/C21H24N4O3/c1-14(2)16-5-7-17(8-6-16)18-10-20(27)25(21(28)24-18)13-19(26)23-12-15-4-3-9-22-11-15/h3-9,11,14,18H,10,12-13H2,1-2H3,(H,23,26)(H,24,28). The summed E-state index contributed by atoms with van der Waals surface area (Å²) in [4.78, 5) is 41.9. The van der Waals surface area contributed by atoms with Gasteiger partial charge in [0.15, 0.2) is 0 Å². The molecule has 2 N–H and O–H groups in total. The lowest BCUT2D eigenvalue weighted by molar-refractivity contribution is -0.134. The van der Waals surface area contributed by atoms with Gasteiger partial charge in [0.1, 0.15) is 6.54 Å². The van der Waals surface area contributed by atoms with Gasteiger partial charge in [0, 0.05) is 18.9 Å². The zero-order valence-electron chi connectivity index (χ0n) is 16.0. The van der Waals surface area contributed by atoms with E-state index in [1.54, 1.807) is 18.5 Å². The minimum absolute atomic E-state index is 0.128. The highest BCUT2D eigenvalue weighted by Crippen LogP contribution is 2.24. The number of hydrogen-bond donors (Lipinski definition) is 2. The van der Waals surface area contributed by atoms with Crippen LogP contribution in [0, 0.1) is 0 Å². The van der Waals surface area contributed by atoms with E-state index in [4.69, 9.17) is 0 Å². The van der Waals surface area contributed by atoms with Gasteiger partial charge in [-0.15, -0.1) is 0 Å². The molecule has 0 bridgehead atoms. The number of carbonyl (C=O) groups excluding carboxylic acids is 3. The Morgan fingerprint density at radius 3 is 2.61 bits per heavy atom. The first kappa shape index (κ1) is 19.5. The van der Waals surface area contributed by atoms with E-state index in [-0.39, 0.29) is 24.9 Å². The van der Waals surface area contributed by atoms with Crippen molar-refractivity contribution in [1.29, 1.82) is 0 Å². The Balaban J connectivity index is 1.56. The van der Waals surface area contributed by atoms with E-state index in [1.807, 2.05) is 30.3 Å². The van der Waals surface area contributed by atoms with Gasteiger partial charge in [-0.05, 0) is 28.7 Å². The first-order valence-electron chi connectivity index (χ1n) is 9.30. The molecule has 1 aromatic heterocycles. The molecule has 1 saturated heterocycles. The van der Waals surface area contributed by atoms with Crippen molar-refractivity contribution in [3.8, 4) is 0 Å². The SMILES string of the molecule is CC(C)c1ccc(C2CC(=O)N(CC(=O)NCc3cccnc3)C(=O)N2)cc1. The predicted octanol–water partition coefficient (Wildman–Crippen LogP) is 2.50. The highest BCUT2D eigenvalue weighted by Gasteiger charge is 2.33. The van der Waals surface area contributed by atoms with Crippen LogP contribution in [-0.4, -0.2) is 34.3 Å². The van der Waals surface area contributed by atoms with E-state index in [9.17, 15) is 14.4 Å². The summed E-state index contributed by atoms with van der Waals surface area (Å²) in [6, 6.07) is 10.6. The maximum Gasteiger partial charge on any atom is 0.325 e. The van der Waals surface area contributed by atoms with Crippen LogP contribution in [0.2, 0.25) is 0 Å². The van der Waals surface area contributed by atoms with Crippen LogP contribution in [0.25, 0.3) is 0 Å². The summed E-state index contributed by atoms with van der Waals surface area (Å²) in [5.74, 6) is -0.345. The quantitative estimate of drug-likeness (QED) is 0.805. The molecular weight excluding hydrogens is 356 g/mol. The molecule has 2 aromatic rings. The number of nitrogens with one attached hydrogen (secondary N) is 2. The summed E-state index contributed by atoms with van der Waals surface area (Å²) in [7, 11) is 0. The molecule has 0 saturated carbocycles. The molecule has 1 aromatic carbocycles. The van der Waals surface area contributed by atoms with E-state index in [1.165, 1.54) is 5.56 Å². The van der Waals surface area contributed by atoms with Crippen molar-refractivity contribution >= 4 is 17.8 Å². The van der Waals surface area contributed by atoms with Crippen molar-refractivity contribution in [3.63, 3.8) is 0 Å². The molecule has 1 unspecified atom stereocenters. The zero-order chi connectivity index (χ0) is 20.1. The molecule has 1 atom stereocenters. The first-order valence-corrected chi connectivity index (χ1v) is 9.30. The summed E-state index contributed by atoms with van der Waals surface area (Å²) in [5.41, 5.74) is 2.92. The summed E-state index contributed by atoms with van der Waals surface area (Å²) < 4.78 is 0. The fraction of sp³-hybridized carbons (Fsp3) is 0.333. The molecule has 4 amide bonds. The largest absolute Gasteiger partial charge is 0.350 e. The highest BCUT2D eigenvalue weighted by atomic mass is 16.2. The van der Waals surface area contributed by atoms with Gasteiger partial charge in [-0.3, -0.25) is 19.5 Å². The predicted molar refractivity (Wildman–Crippen MR) is 104 cm³/mol. The second-order valence-electron chi connectivity index (χ2n) is 7.15. The van der Waals surface area contributed by atoms with Crippen molar-refractivity contribution in [2.75, 3.05) is 6.54 Å². The Bertz CT molecular complexity index is 832. The van der Waals surface area contributed by atoms with E-state index in [2.05, 4.69) is 29.5 Å². The molecule has 0 radical (unpaired) electrons. The number of imide groups is 1. The summed E-state index contributed by atoms with van der Waals surface area (Å²) >= 11 is 0. The second-order valence-corrected chi connectivity index (χ2v) is 7.15. The maximum absolute atomic E-state index is 12.4. The summed E-state index contributed by atoms with van der Waals surface area (Å²) in [6.07, 6.45) is 3.42. The average Bonchev–Trinajstić information content (AvgIpc) is 2.70. The van der Waals surface area contributed by atoms with E-state index in [0.717, 1.165) is 16.0 Å². The molecule has 3 rings (SSSR count). The number of nitrogens with zero attached hydrogens (tertiary/aromatic N) is 2. The Morgan fingerprint density at radius 1 is 1.25 bits per heavy atom. The number of benzene rings is 1. The molecule has 1 fully saturated rings. The molecule has 28 heavy (non-hydrogen) atoms. The summed E-state index contributed by atoms with van der Waals surface area (Å²) in [5, 5.41) is 5.51. The number of hydrogen-bond acceptors (Lipinski definition) is 4. The molecule has 1 aliphatic rings. The zero-order valence-corrected chi connectivity index (χ0v) is 16.0. The van der Waals surface area contributed by atoms with Gasteiger partial charge in [-0.25, -0.2) is 4.79 Å². The first-order chi connectivity index (χ1) is 13.4. The molecule has 7 heteroatoms. The topological polar surface area (TPSA) is 91.4 Å². The van der Waals surface area contributed by atoms with Crippen molar-refractivity contribution < 1.29 is 14.4 Å². The molecule has 0 aliphatic carbocycles. The van der Waals surface area contributed by atoms with Crippen LogP contribution in [-0.2, 0) is 16.1 Å². The van der Waals surface area contributed by atoms with E-state index < -0.39 is 11.9 Å². The van der Waals surface area contributed by atoms with Crippen LogP contribution < -0.4 is 10.6 Å². The minimum Gasteiger partial charge on any atom is -0.350 e. The van der Waals surface area contributed by atoms with Gasteiger partial charge in [-0.2, -0.15) is 0 Å². The number of rotatable bonds is 6. The average molecular weight is 380 g/mol.